The number of hydrazone groups is 1. The minimum atomic E-state index is -0.341. The van der Waals surface area contributed by atoms with Crippen LogP contribution in [0.25, 0.3) is 5.57 Å². The molecule has 0 aliphatic carbocycles. The molecule has 28 heavy (non-hydrogen) atoms. The third-order valence-corrected chi connectivity index (χ3v) is 5.04. The number of hydrogen-bond acceptors (Lipinski definition) is 4. The van der Waals surface area contributed by atoms with Gasteiger partial charge in [-0.25, -0.2) is 5.43 Å². The van der Waals surface area contributed by atoms with Crippen LogP contribution in [-0.2, 0) is 4.79 Å². The van der Waals surface area contributed by atoms with Crippen molar-refractivity contribution in [3.05, 3.63) is 64.7 Å². The summed E-state index contributed by atoms with van der Waals surface area (Å²) in [6.07, 6.45) is 3.88. The van der Waals surface area contributed by atoms with Crippen LogP contribution < -0.4 is 15.1 Å². The molecule has 1 amide bonds. The van der Waals surface area contributed by atoms with Crippen LogP contribution in [0.3, 0.4) is 0 Å². The van der Waals surface area contributed by atoms with Gasteiger partial charge in [-0.1, -0.05) is 29.8 Å². The molecule has 0 aromatic heterocycles. The van der Waals surface area contributed by atoms with Gasteiger partial charge in [-0.2, -0.15) is 5.10 Å². The van der Waals surface area contributed by atoms with Crippen LogP contribution in [0.2, 0.25) is 5.02 Å². The van der Waals surface area contributed by atoms with E-state index in [0.29, 0.717) is 10.8 Å². The average molecular weight is 398 g/mol. The van der Waals surface area contributed by atoms with Gasteiger partial charge in [-0.05, 0) is 62.2 Å². The number of fused-ring (bicyclic) bond motifs is 1. The minimum absolute atomic E-state index is 0.0242. The van der Waals surface area contributed by atoms with Crippen LogP contribution in [0, 0.1) is 0 Å². The summed E-state index contributed by atoms with van der Waals surface area (Å²) < 4.78 is 5.39. The highest BCUT2D eigenvalue weighted by molar-refractivity contribution is 6.30. The van der Waals surface area contributed by atoms with Gasteiger partial charge < -0.3 is 9.64 Å². The molecule has 0 saturated carbocycles. The van der Waals surface area contributed by atoms with Crippen molar-refractivity contribution in [3.8, 4) is 5.75 Å². The number of allylic oxidation sites excluding steroid dienone is 1. The molecule has 1 aliphatic heterocycles. The number of likely N-dealkylation sites (N-methyl/N-ethyl adjacent to an activating group) is 1. The van der Waals surface area contributed by atoms with Crippen molar-refractivity contribution in [3.63, 3.8) is 0 Å². The van der Waals surface area contributed by atoms with Crippen LogP contribution in [0.1, 0.15) is 31.9 Å². The van der Waals surface area contributed by atoms with Crippen molar-refractivity contribution >= 4 is 35.0 Å². The molecular formula is C22H24ClN3O2. The second kappa shape index (κ2) is 8.07. The Morgan fingerprint density at radius 1 is 1.29 bits per heavy atom. The van der Waals surface area contributed by atoms with Crippen molar-refractivity contribution in [1.29, 1.82) is 0 Å². The van der Waals surface area contributed by atoms with Crippen molar-refractivity contribution < 1.29 is 9.53 Å². The Hall–Kier alpha value is -2.79. The van der Waals surface area contributed by atoms with Crippen LogP contribution in [0.5, 0.6) is 5.75 Å². The second-order valence-corrected chi connectivity index (χ2v) is 7.79. The number of halogens is 1. The second-order valence-electron chi connectivity index (χ2n) is 7.36. The Morgan fingerprint density at radius 2 is 2.07 bits per heavy atom. The van der Waals surface area contributed by atoms with E-state index in [1.807, 2.05) is 6.07 Å². The number of ether oxygens (including phenoxy) is 1. The van der Waals surface area contributed by atoms with E-state index in [2.05, 4.69) is 61.5 Å². The van der Waals surface area contributed by atoms with E-state index < -0.39 is 0 Å². The largest absolute Gasteiger partial charge is 0.484 e. The lowest BCUT2D eigenvalue weighted by molar-refractivity contribution is -0.123. The fourth-order valence-electron chi connectivity index (χ4n) is 3.17. The molecule has 2 aromatic carbocycles. The molecule has 0 radical (unpaired) electrons. The number of hydrogen-bond donors (Lipinski definition) is 1. The smallest absolute Gasteiger partial charge is 0.277 e. The molecule has 0 atom stereocenters. The molecule has 0 unspecified atom stereocenters. The number of nitrogens with zero attached hydrogens (tertiary/aromatic N) is 2. The molecule has 3 rings (SSSR count). The standard InChI is InChI=1S/C22H24ClN3O2/c1-15-12-22(2,3)26(4)20-9-8-16(10-19(15)20)13-24-25-21(27)14-28-18-7-5-6-17(23)11-18/h5-13H,14H2,1-4H3,(H,25,27)/b24-13+. The Morgan fingerprint density at radius 3 is 2.82 bits per heavy atom. The normalized spacial score (nSPS) is 15.2. The Bertz CT molecular complexity index is 951. The van der Waals surface area contributed by atoms with E-state index in [9.17, 15) is 4.79 Å². The highest BCUT2D eigenvalue weighted by atomic mass is 35.5. The molecule has 1 N–H and O–H groups in total. The summed E-state index contributed by atoms with van der Waals surface area (Å²) in [5.74, 6) is 0.197. The third-order valence-electron chi connectivity index (χ3n) is 4.81. The first-order valence-corrected chi connectivity index (χ1v) is 9.42. The zero-order chi connectivity index (χ0) is 20.3. The molecule has 6 heteroatoms. The maximum absolute atomic E-state index is 11.9. The van der Waals surface area contributed by atoms with E-state index in [-0.39, 0.29) is 18.1 Å². The summed E-state index contributed by atoms with van der Waals surface area (Å²) in [7, 11) is 2.09. The number of nitrogens with one attached hydrogen (secondary N) is 1. The van der Waals surface area contributed by atoms with Gasteiger partial charge in [-0.15, -0.1) is 0 Å². The molecule has 146 valence electrons. The molecule has 5 nitrogen and oxygen atoms in total. The Kier molecular flexibility index (Phi) is 5.75. The zero-order valence-electron chi connectivity index (χ0n) is 16.5. The molecule has 2 aromatic rings. The first-order chi connectivity index (χ1) is 13.3. The summed E-state index contributed by atoms with van der Waals surface area (Å²) in [4.78, 5) is 14.1. The Balaban J connectivity index is 1.61. The van der Waals surface area contributed by atoms with E-state index in [4.69, 9.17) is 16.3 Å². The molecule has 0 bridgehead atoms. The summed E-state index contributed by atoms with van der Waals surface area (Å²) >= 11 is 5.89. The molecule has 1 aliphatic rings. The lowest BCUT2D eigenvalue weighted by Crippen LogP contribution is -2.42. The Labute approximate surface area is 170 Å². The minimum Gasteiger partial charge on any atom is -0.484 e. The average Bonchev–Trinajstić information content (AvgIpc) is 2.64. The molecular weight excluding hydrogens is 374 g/mol. The number of benzene rings is 2. The lowest BCUT2D eigenvalue weighted by Gasteiger charge is -2.40. The number of carbonyl (C=O) groups is 1. The van der Waals surface area contributed by atoms with E-state index >= 15 is 0 Å². The van der Waals surface area contributed by atoms with Gasteiger partial charge in [0.2, 0.25) is 0 Å². The predicted octanol–water partition coefficient (Wildman–Crippen LogP) is 4.50. The van der Waals surface area contributed by atoms with Crippen LogP contribution in [0.4, 0.5) is 5.69 Å². The van der Waals surface area contributed by atoms with Crippen molar-refractivity contribution in [1.82, 2.24) is 5.43 Å². The van der Waals surface area contributed by atoms with Gasteiger partial charge in [0.1, 0.15) is 5.75 Å². The van der Waals surface area contributed by atoms with E-state index in [1.165, 1.54) is 16.8 Å². The fraction of sp³-hybridized carbons (Fsp3) is 0.273. The van der Waals surface area contributed by atoms with Crippen molar-refractivity contribution in [2.45, 2.75) is 26.3 Å². The lowest BCUT2D eigenvalue weighted by atomic mass is 9.89. The van der Waals surface area contributed by atoms with E-state index in [1.54, 1.807) is 30.5 Å². The molecule has 1 heterocycles. The molecule has 0 saturated heterocycles. The number of anilines is 1. The van der Waals surface area contributed by atoms with Crippen molar-refractivity contribution in [2.75, 3.05) is 18.6 Å². The number of rotatable bonds is 5. The highest BCUT2D eigenvalue weighted by Crippen LogP contribution is 2.37. The highest BCUT2D eigenvalue weighted by Gasteiger charge is 2.28. The monoisotopic (exact) mass is 397 g/mol. The van der Waals surface area contributed by atoms with Crippen LogP contribution in [0.15, 0.2) is 53.6 Å². The SMILES string of the molecule is CC1=CC(C)(C)N(C)c2ccc(/C=N/NC(=O)COc3cccc(Cl)c3)cc21. The van der Waals surface area contributed by atoms with E-state index in [0.717, 1.165) is 5.56 Å². The molecule has 0 fully saturated rings. The van der Waals surface area contributed by atoms with Crippen molar-refractivity contribution in [2.24, 2.45) is 5.10 Å². The number of amides is 1. The van der Waals surface area contributed by atoms with Gasteiger partial charge in [0.05, 0.1) is 11.8 Å². The van der Waals surface area contributed by atoms with Gasteiger partial charge >= 0.3 is 0 Å². The van der Waals surface area contributed by atoms with Crippen LogP contribution >= 0.6 is 11.6 Å². The van der Waals surface area contributed by atoms with Gasteiger partial charge in [0.25, 0.3) is 5.91 Å². The fourth-order valence-corrected chi connectivity index (χ4v) is 3.35. The topological polar surface area (TPSA) is 53.9 Å². The third kappa shape index (κ3) is 4.54. The zero-order valence-corrected chi connectivity index (χ0v) is 17.2. The van der Waals surface area contributed by atoms with Gasteiger partial charge in [0.15, 0.2) is 6.61 Å². The summed E-state index contributed by atoms with van der Waals surface area (Å²) in [5.41, 5.74) is 6.94. The summed E-state index contributed by atoms with van der Waals surface area (Å²) in [6.45, 7) is 6.36. The van der Waals surface area contributed by atoms with Gasteiger partial charge in [0, 0.05) is 23.3 Å². The predicted molar refractivity (Wildman–Crippen MR) is 115 cm³/mol. The van der Waals surface area contributed by atoms with Crippen LogP contribution in [-0.4, -0.2) is 31.3 Å². The van der Waals surface area contributed by atoms with Gasteiger partial charge in [-0.3, -0.25) is 4.79 Å². The maximum Gasteiger partial charge on any atom is 0.277 e. The number of carbonyl (C=O) groups excluding carboxylic acids is 1. The molecule has 0 spiro atoms. The first kappa shape index (κ1) is 20.0. The summed E-state index contributed by atoms with van der Waals surface area (Å²) in [6, 6.07) is 13.0. The maximum atomic E-state index is 11.9. The summed E-state index contributed by atoms with van der Waals surface area (Å²) in [5, 5.41) is 4.59. The first-order valence-electron chi connectivity index (χ1n) is 9.04. The quantitative estimate of drug-likeness (QED) is 0.597.